The summed E-state index contributed by atoms with van der Waals surface area (Å²) >= 11 is 0. The summed E-state index contributed by atoms with van der Waals surface area (Å²) in [4.78, 5) is 0. The van der Waals surface area contributed by atoms with Gasteiger partial charge >= 0.3 is 0 Å². The molecule has 13 heavy (non-hydrogen) atoms. The van der Waals surface area contributed by atoms with Gasteiger partial charge in [0.15, 0.2) is 6.29 Å². The van der Waals surface area contributed by atoms with E-state index in [0.29, 0.717) is 12.8 Å². The van der Waals surface area contributed by atoms with Gasteiger partial charge in [-0.15, -0.1) is 0 Å². The summed E-state index contributed by atoms with van der Waals surface area (Å²) in [5, 5.41) is 27.6. The molecule has 0 aliphatic carbocycles. The van der Waals surface area contributed by atoms with Gasteiger partial charge in [-0.05, 0) is 12.8 Å². The molecule has 1 unspecified atom stereocenters. The van der Waals surface area contributed by atoms with Crippen molar-refractivity contribution in [2.24, 2.45) is 0 Å². The monoisotopic (exact) mass is 190 g/mol. The molecule has 0 aromatic carbocycles. The molecular weight excluding hydrogens is 168 g/mol. The highest BCUT2D eigenvalue weighted by Crippen LogP contribution is 2.22. The van der Waals surface area contributed by atoms with Crippen molar-refractivity contribution in [1.29, 1.82) is 0 Å². The summed E-state index contributed by atoms with van der Waals surface area (Å²) < 4.78 is 0. The first kappa shape index (κ1) is 12.9. The van der Waals surface area contributed by atoms with Crippen LogP contribution in [-0.4, -0.2) is 27.2 Å². The second-order valence-electron chi connectivity index (χ2n) is 3.64. The smallest absolute Gasteiger partial charge is 0.181 e. The van der Waals surface area contributed by atoms with Crippen LogP contribution in [0.25, 0.3) is 0 Å². The lowest BCUT2D eigenvalue weighted by Crippen LogP contribution is -2.41. The Balaban J connectivity index is 3.71. The third-order valence-electron chi connectivity index (χ3n) is 2.56. The van der Waals surface area contributed by atoms with E-state index in [2.05, 4.69) is 6.92 Å². The van der Waals surface area contributed by atoms with Crippen molar-refractivity contribution in [1.82, 2.24) is 0 Å². The second kappa shape index (κ2) is 6.35. The molecule has 0 aromatic heterocycles. The Morgan fingerprint density at radius 3 is 2.08 bits per heavy atom. The van der Waals surface area contributed by atoms with Gasteiger partial charge < -0.3 is 15.3 Å². The number of hydrogen-bond donors (Lipinski definition) is 3. The molecule has 0 spiro atoms. The molecule has 80 valence electrons. The van der Waals surface area contributed by atoms with Gasteiger partial charge in [-0.1, -0.05) is 39.5 Å². The van der Waals surface area contributed by atoms with Crippen LogP contribution in [0.4, 0.5) is 0 Å². The highest BCUT2D eigenvalue weighted by atomic mass is 16.5. The topological polar surface area (TPSA) is 60.7 Å². The summed E-state index contributed by atoms with van der Waals surface area (Å²) in [6.45, 7) is 3.88. The van der Waals surface area contributed by atoms with Crippen LogP contribution >= 0.6 is 0 Å². The fraction of sp³-hybridized carbons (Fsp3) is 1.00. The Morgan fingerprint density at radius 2 is 1.69 bits per heavy atom. The lowest BCUT2D eigenvalue weighted by atomic mass is 9.92. The third-order valence-corrected chi connectivity index (χ3v) is 2.56. The average Bonchev–Trinajstić information content (AvgIpc) is 2.12. The predicted octanol–water partition coefficient (Wildman–Crippen LogP) is 1.41. The Bertz CT molecular complexity index is 125. The van der Waals surface area contributed by atoms with E-state index in [-0.39, 0.29) is 0 Å². The van der Waals surface area contributed by atoms with E-state index in [4.69, 9.17) is 10.2 Å². The van der Waals surface area contributed by atoms with Gasteiger partial charge in [0, 0.05) is 0 Å². The average molecular weight is 190 g/mol. The van der Waals surface area contributed by atoms with Crippen molar-refractivity contribution in [3.8, 4) is 0 Å². The molecule has 0 saturated carbocycles. The summed E-state index contributed by atoms with van der Waals surface area (Å²) in [5.74, 6) is 0. The van der Waals surface area contributed by atoms with E-state index in [1.807, 2.05) is 0 Å². The first-order chi connectivity index (χ1) is 6.06. The highest BCUT2D eigenvalue weighted by Gasteiger charge is 2.31. The van der Waals surface area contributed by atoms with Crippen molar-refractivity contribution in [3.05, 3.63) is 0 Å². The molecule has 0 aromatic rings. The molecule has 0 aliphatic heterocycles. The maximum absolute atomic E-state index is 9.70. The van der Waals surface area contributed by atoms with Crippen LogP contribution < -0.4 is 0 Å². The molecule has 0 bridgehead atoms. The lowest BCUT2D eigenvalue weighted by Gasteiger charge is -2.28. The maximum atomic E-state index is 9.70. The molecular formula is C10H22O3. The maximum Gasteiger partial charge on any atom is 0.181 e. The highest BCUT2D eigenvalue weighted by molar-refractivity contribution is 4.78. The van der Waals surface area contributed by atoms with Crippen molar-refractivity contribution < 1.29 is 15.3 Å². The van der Waals surface area contributed by atoms with Gasteiger partial charge in [0.1, 0.15) is 5.60 Å². The van der Waals surface area contributed by atoms with Gasteiger partial charge in [0.05, 0.1) is 0 Å². The minimum Gasteiger partial charge on any atom is -0.385 e. The minimum atomic E-state index is -1.61. The van der Waals surface area contributed by atoms with E-state index in [9.17, 15) is 5.11 Å². The first-order valence-corrected chi connectivity index (χ1v) is 5.15. The van der Waals surface area contributed by atoms with Crippen LogP contribution in [-0.2, 0) is 0 Å². The molecule has 1 atom stereocenters. The molecule has 0 rings (SSSR count). The van der Waals surface area contributed by atoms with Crippen LogP contribution in [0, 0.1) is 0 Å². The molecule has 3 nitrogen and oxygen atoms in total. The number of aliphatic hydroxyl groups excluding tert-OH is 1. The standard InChI is InChI=1S/C10H22O3/c1-3-5-6-7-8-10(13,4-2)9(11)12/h9,11-13H,3-8H2,1-2H3. The third kappa shape index (κ3) is 4.60. The van der Waals surface area contributed by atoms with Gasteiger partial charge in [-0.2, -0.15) is 0 Å². The molecule has 3 heteroatoms. The fourth-order valence-corrected chi connectivity index (χ4v) is 1.35. The van der Waals surface area contributed by atoms with E-state index in [1.54, 1.807) is 6.92 Å². The number of unbranched alkanes of at least 4 members (excludes halogenated alkanes) is 3. The summed E-state index contributed by atoms with van der Waals surface area (Å²) in [6, 6.07) is 0. The number of rotatable bonds is 7. The Kier molecular flexibility index (Phi) is 6.29. The first-order valence-electron chi connectivity index (χ1n) is 5.15. The van der Waals surface area contributed by atoms with Gasteiger partial charge in [0.2, 0.25) is 0 Å². The second-order valence-corrected chi connectivity index (χ2v) is 3.64. The van der Waals surface area contributed by atoms with E-state index < -0.39 is 11.9 Å². The molecule has 0 amide bonds. The molecule has 0 saturated heterocycles. The summed E-state index contributed by atoms with van der Waals surface area (Å²) in [7, 11) is 0. The Morgan fingerprint density at radius 1 is 1.08 bits per heavy atom. The Labute approximate surface area is 80.4 Å². The van der Waals surface area contributed by atoms with Gasteiger partial charge in [-0.3, -0.25) is 0 Å². The molecule has 0 aliphatic rings. The van der Waals surface area contributed by atoms with Crippen molar-refractivity contribution in [2.75, 3.05) is 0 Å². The largest absolute Gasteiger partial charge is 0.385 e. The predicted molar refractivity (Wildman–Crippen MR) is 52.2 cm³/mol. The molecule has 0 heterocycles. The molecule has 0 radical (unpaired) electrons. The van der Waals surface area contributed by atoms with E-state index >= 15 is 0 Å². The lowest BCUT2D eigenvalue weighted by molar-refractivity contribution is -0.188. The van der Waals surface area contributed by atoms with Crippen LogP contribution in [0.3, 0.4) is 0 Å². The minimum absolute atomic E-state index is 0.386. The quantitative estimate of drug-likeness (QED) is 0.420. The molecule has 3 N–H and O–H groups in total. The van der Waals surface area contributed by atoms with E-state index in [0.717, 1.165) is 25.7 Å². The SMILES string of the molecule is CCCCCCC(O)(CC)C(O)O. The molecule has 0 fully saturated rings. The van der Waals surface area contributed by atoms with Crippen LogP contribution in [0.15, 0.2) is 0 Å². The zero-order valence-electron chi connectivity index (χ0n) is 8.66. The zero-order chi connectivity index (χ0) is 10.3. The van der Waals surface area contributed by atoms with Crippen molar-refractivity contribution in [2.45, 2.75) is 64.3 Å². The fourth-order valence-electron chi connectivity index (χ4n) is 1.35. The van der Waals surface area contributed by atoms with Crippen molar-refractivity contribution >= 4 is 0 Å². The normalized spacial score (nSPS) is 16.2. The van der Waals surface area contributed by atoms with Crippen LogP contribution in [0.1, 0.15) is 52.4 Å². The Hall–Kier alpha value is -0.120. The summed E-state index contributed by atoms with van der Waals surface area (Å²) in [5.41, 5.74) is -1.30. The van der Waals surface area contributed by atoms with Crippen LogP contribution in [0.5, 0.6) is 0 Å². The number of aliphatic hydroxyl groups is 3. The zero-order valence-corrected chi connectivity index (χ0v) is 8.66. The van der Waals surface area contributed by atoms with Crippen molar-refractivity contribution in [3.63, 3.8) is 0 Å². The van der Waals surface area contributed by atoms with Crippen LogP contribution in [0.2, 0.25) is 0 Å². The van der Waals surface area contributed by atoms with Gasteiger partial charge in [0.25, 0.3) is 0 Å². The van der Waals surface area contributed by atoms with Gasteiger partial charge in [-0.25, -0.2) is 0 Å². The van der Waals surface area contributed by atoms with E-state index in [1.165, 1.54) is 0 Å². The number of hydrogen-bond acceptors (Lipinski definition) is 3. The summed E-state index contributed by atoms with van der Waals surface area (Å²) in [6.07, 6.45) is 3.44.